The molecule has 1 N–H and O–H groups in total. The molecule has 0 aromatic rings. The molecule has 0 aromatic carbocycles. The highest BCUT2D eigenvalue weighted by Crippen LogP contribution is 2.27. The predicted octanol–water partition coefficient (Wildman–Crippen LogP) is 1.45. The van der Waals surface area contributed by atoms with Gasteiger partial charge in [0.2, 0.25) is 5.91 Å². The second-order valence-corrected chi connectivity index (χ2v) is 13.4. The second kappa shape index (κ2) is 9.47. The number of nitrogens with one attached hydrogen (secondary N) is 1. The molecule has 0 saturated carbocycles. The van der Waals surface area contributed by atoms with E-state index in [1.54, 1.807) is 6.92 Å². The van der Waals surface area contributed by atoms with Crippen molar-refractivity contribution in [3.05, 3.63) is 0 Å². The first-order chi connectivity index (χ1) is 11.9. The Morgan fingerprint density at radius 2 is 1.54 bits per heavy atom. The molecule has 1 amide bonds. The summed E-state index contributed by atoms with van der Waals surface area (Å²) in [6, 6.07) is 0.137. The Hall–Kier alpha value is -1.45. The lowest BCUT2D eigenvalue weighted by molar-refractivity contribution is -0.267. The largest absolute Gasteiger partial charge is 0.456 e. The molecule has 1 aliphatic rings. The van der Waals surface area contributed by atoms with Crippen LogP contribution in [0.5, 0.6) is 0 Å². The molecule has 0 spiro atoms. The van der Waals surface area contributed by atoms with E-state index in [1.807, 2.05) is 0 Å². The van der Waals surface area contributed by atoms with Crippen LogP contribution >= 0.6 is 0 Å². The Morgan fingerprint density at radius 3 is 2.00 bits per heavy atom. The number of hydrogen-bond donors (Lipinski definition) is 1. The van der Waals surface area contributed by atoms with Crippen molar-refractivity contribution in [2.45, 2.75) is 84.0 Å². The molecule has 5 atom stereocenters. The summed E-state index contributed by atoms with van der Waals surface area (Å²) in [7, 11) is -1.31. The summed E-state index contributed by atoms with van der Waals surface area (Å²) in [5, 5.41) is 2.71. The zero-order valence-corrected chi connectivity index (χ0v) is 17.7. The number of ether oxygens (including phenoxy) is 4. The van der Waals surface area contributed by atoms with Crippen molar-refractivity contribution in [1.29, 1.82) is 0 Å². The Balaban J connectivity index is 3.03. The normalized spacial score (nSPS) is 29.0. The summed E-state index contributed by atoms with van der Waals surface area (Å²) in [5.41, 5.74) is 0. The Bertz CT molecular complexity index is 520. The summed E-state index contributed by atoms with van der Waals surface area (Å²) in [6.07, 6.45) is -3.11. The van der Waals surface area contributed by atoms with Gasteiger partial charge in [0.25, 0.3) is 0 Å². The molecule has 1 heterocycles. The van der Waals surface area contributed by atoms with E-state index in [9.17, 15) is 14.4 Å². The summed E-state index contributed by atoms with van der Waals surface area (Å²) in [4.78, 5) is 34.7. The molecule has 0 radical (unpaired) electrons. The molecule has 150 valence electrons. The van der Waals surface area contributed by atoms with E-state index in [2.05, 4.69) is 25.0 Å². The van der Waals surface area contributed by atoms with E-state index < -0.39 is 50.7 Å². The first kappa shape index (κ1) is 22.6. The van der Waals surface area contributed by atoms with Crippen molar-refractivity contribution in [1.82, 2.24) is 5.32 Å². The van der Waals surface area contributed by atoms with Gasteiger partial charge in [-0.2, -0.15) is 0 Å². The fourth-order valence-corrected chi connectivity index (χ4v) is 3.43. The summed E-state index contributed by atoms with van der Waals surface area (Å²) >= 11 is 0. The fraction of sp³-hybridized carbons (Fsp3) is 0.824. The van der Waals surface area contributed by atoms with E-state index in [4.69, 9.17) is 18.9 Å². The third kappa shape index (κ3) is 7.43. The molecule has 9 heteroatoms. The molecular formula is C17H31NO7Si. The maximum atomic E-state index is 11.7. The van der Waals surface area contributed by atoms with Gasteiger partial charge in [-0.05, 0) is 13.0 Å². The standard InChI is InChI=1S/C17H31NO7Si/c1-10-15(24-12(3)20)16(25-13(4)21)14(18-11(2)19)17(23-10)22-8-9-26(5,6)7/h10,14-17H,8-9H2,1-7H3,(H,18,19)/t10-,14-,15-,16-,17-/m1/s1. The number of carbonyl (C=O) groups is 3. The van der Waals surface area contributed by atoms with Gasteiger partial charge in [0, 0.05) is 35.5 Å². The van der Waals surface area contributed by atoms with Crippen molar-refractivity contribution in [2.24, 2.45) is 0 Å². The van der Waals surface area contributed by atoms with Crippen molar-refractivity contribution in [3.8, 4) is 0 Å². The van der Waals surface area contributed by atoms with E-state index in [1.165, 1.54) is 20.8 Å². The van der Waals surface area contributed by atoms with Gasteiger partial charge in [-0.15, -0.1) is 0 Å². The quantitative estimate of drug-likeness (QED) is 0.519. The third-order valence-corrected chi connectivity index (χ3v) is 5.59. The van der Waals surface area contributed by atoms with Gasteiger partial charge in [0.1, 0.15) is 6.04 Å². The molecule has 0 bridgehead atoms. The third-order valence-electron chi connectivity index (χ3n) is 3.89. The van der Waals surface area contributed by atoms with E-state index in [0.717, 1.165) is 6.04 Å². The molecule has 0 aliphatic carbocycles. The van der Waals surface area contributed by atoms with Crippen LogP contribution in [-0.4, -0.2) is 63.2 Å². The second-order valence-electron chi connectivity index (χ2n) is 7.77. The van der Waals surface area contributed by atoms with Crippen LogP contribution in [0.2, 0.25) is 25.7 Å². The topological polar surface area (TPSA) is 100 Å². The number of esters is 2. The summed E-state index contributed by atoms with van der Waals surface area (Å²) in [6.45, 7) is 12.7. The number of carbonyl (C=O) groups excluding carboxylic acids is 3. The van der Waals surface area contributed by atoms with Crippen LogP contribution in [0.3, 0.4) is 0 Å². The lowest BCUT2D eigenvalue weighted by Gasteiger charge is -2.44. The van der Waals surface area contributed by atoms with Crippen molar-refractivity contribution in [3.63, 3.8) is 0 Å². The zero-order valence-electron chi connectivity index (χ0n) is 16.7. The maximum absolute atomic E-state index is 11.7. The monoisotopic (exact) mass is 389 g/mol. The van der Waals surface area contributed by atoms with Crippen LogP contribution in [0, 0.1) is 0 Å². The van der Waals surface area contributed by atoms with Gasteiger partial charge in [-0.1, -0.05) is 19.6 Å². The van der Waals surface area contributed by atoms with Crippen LogP contribution in [0.25, 0.3) is 0 Å². The van der Waals surface area contributed by atoms with Crippen LogP contribution in [0.4, 0.5) is 0 Å². The van der Waals surface area contributed by atoms with Gasteiger partial charge in [0.05, 0.1) is 6.10 Å². The summed E-state index contributed by atoms with van der Waals surface area (Å²) < 4.78 is 22.4. The minimum absolute atomic E-state index is 0.328. The molecule has 1 fully saturated rings. The average Bonchev–Trinajstić information content (AvgIpc) is 2.44. The Morgan fingerprint density at radius 1 is 1.00 bits per heavy atom. The SMILES string of the molecule is CC(=O)N[C@H]1[C@H](OCC[Si](C)(C)C)O[C@H](C)[C@@H](OC(C)=O)[C@@H]1OC(C)=O. The number of hydrogen-bond acceptors (Lipinski definition) is 7. The molecule has 0 unspecified atom stereocenters. The van der Waals surface area contributed by atoms with Gasteiger partial charge in [0.15, 0.2) is 18.5 Å². The fourth-order valence-electron chi connectivity index (χ4n) is 2.70. The maximum Gasteiger partial charge on any atom is 0.303 e. The van der Waals surface area contributed by atoms with Crippen LogP contribution in [0.15, 0.2) is 0 Å². The molecule has 1 rings (SSSR count). The van der Waals surface area contributed by atoms with Gasteiger partial charge >= 0.3 is 11.9 Å². The number of rotatable bonds is 7. The average molecular weight is 390 g/mol. The molecule has 1 aliphatic heterocycles. The van der Waals surface area contributed by atoms with E-state index in [-0.39, 0.29) is 5.91 Å². The van der Waals surface area contributed by atoms with Crippen molar-refractivity contribution >= 4 is 25.9 Å². The minimum Gasteiger partial charge on any atom is -0.456 e. The molecule has 26 heavy (non-hydrogen) atoms. The molecule has 0 aromatic heterocycles. The Labute approximate surface area is 155 Å². The van der Waals surface area contributed by atoms with E-state index >= 15 is 0 Å². The first-order valence-corrected chi connectivity index (χ1v) is 12.5. The van der Waals surface area contributed by atoms with Crippen LogP contribution in [-0.2, 0) is 33.3 Å². The van der Waals surface area contributed by atoms with E-state index in [0.29, 0.717) is 6.61 Å². The lowest BCUT2D eigenvalue weighted by Crippen LogP contribution is -2.65. The zero-order chi connectivity index (χ0) is 20.1. The Kier molecular flexibility index (Phi) is 8.23. The van der Waals surface area contributed by atoms with Crippen molar-refractivity contribution < 1.29 is 33.3 Å². The summed E-state index contributed by atoms with van der Waals surface area (Å²) in [5.74, 6) is -1.40. The number of amides is 1. The highest BCUT2D eigenvalue weighted by molar-refractivity contribution is 6.76. The first-order valence-electron chi connectivity index (χ1n) is 8.79. The minimum atomic E-state index is -1.31. The van der Waals surface area contributed by atoms with Gasteiger partial charge in [-0.25, -0.2) is 0 Å². The molecule has 1 saturated heterocycles. The predicted molar refractivity (Wildman–Crippen MR) is 97.2 cm³/mol. The molecular weight excluding hydrogens is 358 g/mol. The molecule has 8 nitrogen and oxygen atoms in total. The highest BCUT2D eigenvalue weighted by atomic mass is 28.3. The lowest BCUT2D eigenvalue weighted by atomic mass is 9.96. The highest BCUT2D eigenvalue weighted by Gasteiger charge is 2.49. The van der Waals surface area contributed by atoms with Crippen LogP contribution < -0.4 is 5.32 Å². The van der Waals surface area contributed by atoms with Gasteiger partial charge < -0.3 is 24.3 Å². The van der Waals surface area contributed by atoms with Crippen LogP contribution in [0.1, 0.15) is 27.7 Å². The van der Waals surface area contributed by atoms with Crippen molar-refractivity contribution in [2.75, 3.05) is 6.61 Å². The smallest absolute Gasteiger partial charge is 0.303 e. The van der Waals surface area contributed by atoms with Gasteiger partial charge in [-0.3, -0.25) is 14.4 Å².